The summed E-state index contributed by atoms with van der Waals surface area (Å²) in [5, 5.41) is 0. The lowest BCUT2D eigenvalue weighted by atomic mass is 10.2. The van der Waals surface area contributed by atoms with E-state index in [-0.39, 0.29) is 11.8 Å². The minimum Gasteiger partial charge on any atom is -0.486 e. The lowest BCUT2D eigenvalue weighted by molar-refractivity contribution is -0.119. The molecule has 0 saturated heterocycles. The molecule has 0 spiro atoms. The summed E-state index contributed by atoms with van der Waals surface area (Å²) in [6.45, 7) is 3.07. The van der Waals surface area contributed by atoms with Gasteiger partial charge in [0.1, 0.15) is 13.2 Å². The van der Waals surface area contributed by atoms with Crippen LogP contribution in [0.15, 0.2) is 18.2 Å². The summed E-state index contributed by atoms with van der Waals surface area (Å²) in [6, 6.07) is 4.92. The fraction of sp³-hybridized carbons (Fsp3) is 0.467. The number of carbonyl (C=O) groups is 2. The minimum absolute atomic E-state index is 0.216. The molecule has 0 atom stereocenters. The zero-order valence-electron chi connectivity index (χ0n) is 12.5. The van der Waals surface area contributed by atoms with E-state index >= 15 is 0 Å². The Labute approximate surface area is 133 Å². The van der Waals surface area contributed by atoms with Crippen molar-refractivity contribution in [2.75, 3.05) is 24.7 Å². The van der Waals surface area contributed by atoms with Crippen LogP contribution in [-0.2, 0) is 4.79 Å². The quantitative estimate of drug-likeness (QED) is 0.616. The summed E-state index contributed by atoms with van der Waals surface area (Å²) >= 11 is 1.55. The molecule has 22 heavy (non-hydrogen) atoms. The molecule has 0 radical (unpaired) electrons. The van der Waals surface area contributed by atoms with Crippen LogP contribution in [0.2, 0.25) is 0 Å². The number of benzene rings is 1. The molecule has 6 nitrogen and oxygen atoms in total. The van der Waals surface area contributed by atoms with Crippen LogP contribution in [-0.4, -0.2) is 36.5 Å². The molecule has 1 aliphatic rings. The van der Waals surface area contributed by atoms with Gasteiger partial charge in [0.2, 0.25) is 5.91 Å². The molecule has 2 N–H and O–H groups in total. The summed E-state index contributed by atoms with van der Waals surface area (Å²) in [6.07, 6.45) is 2.19. The second-order valence-electron chi connectivity index (χ2n) is 4.77. The van der Waals surface area contributed by atoms with Gasteiger partial charge in [-0.25, -0.2) is 0 Å². The first-order valence-electron chi connectivity index (χ1n) is 7.27. The number of hydrogen-bond donors (Lipinski definition) is 2. The van der Waals surface area contributed by atoms with E-state index in [1.54, 1.807) is 30.0 Å². The molecule has 0 saturated carbocycles. The van der Waals surface area contributed by atoms with Crippen molar-refractivity contribution in [1.29, 1.82) is 0 Å². The van der Waals surface area contributed by atoms with E-state index < -0.39 is 0 Å². The first-order chi connectivity index (χ1) is 10.7. The van der Waals surface area contributed by atoms with Crippen molar-refractivity contribution in [3.8, 4) is 11.5 Å². The largest absolute Gasteiger partial charge is 0.486 e. The molecule has 2 rings (SSSR count). The monoisotopic (exact) mass is 324 g/mol. The van der Waals surface area contributed by atoms with Crippen molar-refractivity contribution < 1.29 is 19.1 Å². The highest BCUT2D eigenvalue weighted by Crippen LogP contribution is 2.30. The van der Waals surface area contributed by atoms with Crippen LogP contribution < -0.4 is 20.3 Å². The topological polar surface area (TPSA) is 76.7 Å². The second-order valence-corrected chi connectivity index (χ2v) is 5.87. The van der Waals surface area contributed by atoms with Gasteiger partial charge in [-0.1, -0.05) is 13.3 Å². The normalized spacial score (nSPS) is 12.6. The van der Waals surface area contributed by atoms with Gasteiger partial charge < -0.3 is 9.47 Å². The van der Waals surface area contributed by atoms with Gasteiger partial charge in [-0.15, -0.1) is 0 Å². The fourth-order valence-electron chi connectivity index (χ4n) is 1.83. The highest BCUT2D eigenvalue weighted by atomic mass is 32.2. The van der Waals surface area contributed by atoms with Crippen molar-refractivity contribution >= 4 is 23.6 Å². The van der Waals surface area contributed by atoms with Crippen LogP contribution in [0.4, 0.5) is 0 Å². The Kier molecular flexibility index (Phi) is 6.39. The van der Waals surface area contributed by atoms with Crippen LogP contribution in [0.5, 0.6) is 11.5 Å². The molecule has 1 aromatic carbocycles. The molecule has 1 heterocycles. The highest BCUT2D eigenvalue weighted by Gasteiger charge is 2.15. The molecular formula is C15H20N2O4S. The predicted octanol–water partition coefficient (Wildman–Crippen LogP) is 1.75. The van der Waals surface area contributed by atoms with Gasteiger partial charge in [0, 0.05) is 5.56 Å². The van der Waals surface area contributed by atoms with Gasteiger partial charge in [0.15, 0.2) is 11.5 Å². The highest BCUT2D eigenvalue weighted by molar-refractivity contribution is 7.99. The van der Waals surface area contributed by atoms with E-state index in [1.165, 1.54) is 0 Å². The van der Waals surface area contributed by atoms with Gasteiger partial charge in [-0.2, -0.15) is 11.8 Å². The van der Waals surface area contributed by atoms with Crippen molar-refractivity contribution in [2.24, 2.45) is 0 Å². The Morgan fingerprint density at radius 3 is 2.73 bits per heavy atom. The lowest BCUT2D eigenvalue weighted by Gasteiger charge is -2.18. The zero-order valence-corrected chi connectivity index (χ0v) is 13.3. The zero-order chi connectivity index (χ0) is 15.8. The van der Waals surface area contributed by atoms with Gasteiger partial charge in [-0.05, 0) is 30.4 Å². The van der Waals surface area contributed by atoms with Crippen LogP contribution in [0.1, 0.15) is 30.1 Å². The number of rotatable bonds is 6. The first kappa shape index (κ1) is 16.5. The predicted molar refractivity (Wildman–Crippen MR) is 85.3 cm³/mol. The molecule has 0 aliphatic carbocycles. The molecular weight excluding hydrogens is 304 g/mol. The SMILES string of the molecule is CCCCSCC(=O)NNC(=O)c1ccc2c(c1)OCCO2. The van der Waals surface area contributed by atoms with Crippen molar-refractivity contribution in [1.82, 2.24) is 10.9 Å². The molecule has 7 heteroatoms. The number of fused-ring (bicyclic) bond motifs is 1. The Morgan fingerprint density at radius 1 is 1.18 bits per heavy atom. The van der Waals surface area contributed by atoms with E-state index in [9.17, 15) is 9.59 Å². The van der Waals surface area contributed by atoms with Gasteiger partial charge in [0.05, 0.1) is 5.75 Å². The number of hydrogen-bond acceptors (Lipinski definition) is 5. The van der Waals surface area contributed by atoms with Crippen LogP contribution in [0, 0.1) is 0 Å². The summed E-state index contributed by atoms with van der Waals surface area (Å²) in [5.41, 5.74) is 5.21. The Bertz CT molecular complexity index is 536. The van der Waals surface area contributed by atoms with E-state index in [1.807, 2.05) is 0 Å². The third-order valence-electron chi connectivity index (χ3n) is 3.00. The fourth-order valence-corrected chi connectivity index (χ4v) is 2.73. The first-order valence-corrected chi connectivity index (χ1v) is 8.42. The molecule has 0 fully saturated rings. The van der Waals surface area contributed by atoms with Crippen LogP contribution in [0.25, 0.3) is 0 Å². The number of amides is 2. The molecule has 0 unspecified atom stereocenters. The number of unbranched alkanes of at least 4 members (excludes halogenated alkanes) is 1. The standard InChI is InChI=1S/C15H20N2O4S/c1-2-3-8-22-10-14(18)16-17-15(19)11-4-5-12-13(9-11)21-7-6-20-12/h4-5,9H,2-3,6-8,10H2,1H3,(H,16,18)(H,17,19). The molecule has 1 aliphatic heterocycles. The number of hydrazine groups is 1. The van der Waals surface area contributed by atoms with Crippen LogP contribution in [0.3, 0.4) is 0 Å². The number of thioether (sulfide) groups is 1. The van der Waals surface area contributed by atoms with E-state index in [2.05, 4.69) is 17.8 Å². The average Bonchev–Trinajstić information content (AvgIpc) is 2.56. The average molecular weight is 324 g/mol. The number of carbonyl (C=O) groups excluding carboxylic acids is 2. The van der Waals surface area contributed by atoms with Gasteiger partial charge >= 0.3 is 0 Å². The minimum atomic E-state index is -0.385. The summed E-state index contributed by atoms with van der Waals surface area (Å²) in [7, 11) is 0. The number of ether oxygens (including phenoxy) is 2. The van der Waals surface area contributed by atoms with E-state index in [4.69, 9.17) is 9.47 Å². The van der Waals surface area contributed by atoms with Crippen LogP contribution >= 0.6 is 11.8 Å². The molecule has 0 bridgehead atoms. The van der Waals surface area contributed by atoms with Gasteiger partial charge in [0.25, 0.3) is 5.91 Å². The third-order valence-corrected chi connectivity index (χ3v) is 4.04. The molecule has 1 aromatic rings. The smallest absolute Gasteiger partial charge is 0.269 e. The summed E-state index contributed by atoms with van der Waals surface area (Å²) in [5.74, 6) is 1.84. The second kappa shape index (κ2) is 8.53. The van der Waals surface area contributed by atoms with Crippen molar-refractivity contribution in [2.45, 2.75) is 19.8 Å². The maximum absolute atomic E-state index is 12.0. The maximum Gasteiger partial charge on any atom is 0.269 e. The Morgan fingerprint density at radius 2 is 1.95 bits per heavy atom. The third kappa shape index (κ3) is 4.84. The lowest BCUT2D eigenvalue weighted by Crippen LogP contribution is -2.42. The Hall–Kier alpha value is -1.89. The maximum atomic E-state index is 12.0. The van der Waals surface area contributed by atoms with Crippen molar-refractivity contribution in [3.63, 3.8) is 0 Å². The van der Waals surface area contributed by atoms with E-state index in [0.717, 1.165) is 18.6 Å². The molecule has 2 amide bonds. The summed E-state index contributed by atoms with van der Waals surface area (Å²) < 4.78 is 10.8. The van der Waals surface area contributed by atoms with E-state index in [0.29, 0.717) is 36.0 Å². The van der Waals surface area contributed by atoms with Crippen molar-refractivity contribution in [3.05, 3.63) is 23.8 Å². The van der Waals surface area contributed by atoms with Gasteiger partial charge in [-0.3, -0.25) is 20.4 Å². The number of nitrogens with one attached hydrogen (secondary N) is 2. The molecule has 0 aromatic heterocycles. The summed E-state index contributed by atoms with van der Waals surface area (Å²) in [4.78, 5) is 23.6. The Balaban J connectivity index is 1.78. The molecule has 120 valence electrons.